The first-order valence-electron chi connectivity index (χ1n) is 9.48. The number of rotatable bonds is 10. The van der Waals surface area contributed by atoms with Gasteiger partial charge in [0.1, 0.15) is 16.8 Å². The van der Waals surface area contributed by atoms with Crippen LogP contribution < -0.4 is 4.72 Å². The van der Waals surface area contributed by atoms with Crippen LogP contribution in [0.15, 0.2) is 59.5 Å². The predicted octanol–water partition coefficient (Wildman–Crippen LogP) is 3.36. The summed E-state index contributed by atoms with van der Waals surface area (Å²) in [7, 11) is -4.19. The van der Waals surface area contributed by atoms with E-state index in [-0.39, 0.29) is 12.3 Å². The van der Waals surface area contributed by atoms with E-state index in [1.807, 2.05) is 44.2 Å². The molecule has 1 amide bonds. The lowest BCUT2D eigenvalue weighted by Gasteiger charge is -2.27. The standard InChI is InChI=1S/C21H27FN2O3S/c1-3-5-15-24(4-2)21(25)19(16-17-11-7-6-8-12-17)23-28(26,27)20-14-10-9-13-18(20)22/h6-14,19,23H,3-5,15-16H2,1-2H3. The smallest absolute Gasteiger partial charge is 0.244 e. The Morgan fingerprint density at radius 1 is 1.07 bits per heavy atom. The largest absolute Gasteiger partial charge is 0.342 e. The molecule has 0 aliphatic carbocycles. The molecule has 0 aliphatic rings. The molecule has 0 bridgehead atoms. The van der Waals surface area contributed by atoms with Gasteiger partial charge in [0.15, 0.2) is 0 Å². The molecule has 2 aromatic rings. The minimum absolute atomic E-state index is 0.190. The zero-order chi connectivity index (χ0) is 20.6. The Hall–Kier alpha value is -2.25. The molecule has 2 rings (SSSR count). The molecule has 0 saturated carbocycles. The number of sulfonamides is 1. The predicted molar refractivity (Wildman–Crippen MR) is 108 cm³/mol. The summed E-state index contributed by atoms with van der Waals surface area (Å²) in [6, 6.07) is 13.3. The molecule has 152 valence electrons. The number of unbranched alkanes of at least 4 members (excludes halogenated alkanes) is 1. The molecular weight excluding hydrogens is 379 g/mol. The van der Waals surface area contributed by atoms with Crippen molar-refractivity contribution in [1.82, 2.24) is 9.62 Å². The van der Waals surface area contributed by atoms with Crippen molar-refractivity contribution >= 4 is 15.9 Å². The summed E-state index contributed by atoms with van der Waals surface area (Å²) in [5.41, 5.74) is 0.823. The number of hydrogen-bond donors (Lipinski definition) is 1. The minimum atomic E-state index is -4.19. The summed E-state index contributed by atoms with van der Waals surface area (Å²) in [4.78, 5) is 14.3. The normalized spacial score (nSPS) is 12.5. The number of halogens is 1. The van der Waals surface area contributed by atoms with Crippen LogP contribution in [0.3, 0.4) is 0 Å². The minimum Gasteiger partial charge on any atom is -0.342 e. The third-order valence-electron chi connectivity index (χ3n) is 4.48. The lowest BCUT2D eigenvalue weighted by Crippen LogP contribution is -2.50. The molecule has 1 atom stereocenters. The van der Waals surface area contributed by atoms with E-state index < -0.39 is 26.8 Å². The van der Waals surface area contributed by atoms with Crippen LogP contribution in [0.2, 0.25) is 0 Å². The van der Waals surface area contributed by atoms with Crippen LogP contribution in [-0.2, 0) is 21.2 Å². The molecule has 0 aromatic heterocycles. The molecule has 5 nitrogen and oxygen atoms in total. The zero-order valence-electron chi connectivity index (χ0n) is 16.3. The van der Waals surface area contributed by atoms with Gasteiger partial charge in [-0.1, -0.05) is 55.8 Å². The van der Waals surface area contributed by atoms with Crippen LogP contribution >= 0.6 is 0 Å². The highest BCUT2D eigenvalue weighted by molar-refractivity contribution is 7.89. The monoisotopic (exact) mass is 406 g/mol. The van der Waals surface area contributed by atoms with Gasteiger partial charge in [-0.05, 0) is 37.5 Å². The zero-order valence-corrected chi connectivity index (χ0v) is 17.1. The number of nitrogens with one attached hydrogen (secondary N) is 1. The SMILES string of the molecule is CCCCN(CC)C(=O)C(Cc1ccccc1)NS(=O)(=O)c1ccccc1F. The van der Waals surface area contributed by atoms with Crippen LogP contribution in [0.25, 0.3) is 0 Å². The Kier molecular flexibility index (Phi) is 8.14. The molecule has 28 heavy (non-hydrogen) atoms. The number of carbonyl (C=O) groups is 1. The molecule has 0 aliphatic heterocycles. The third kappa shape index (κ3) is 5.87. The fourth-order valence-electron chi connectivity index (χ4n) is 2.94. The number of nitrogens with zero attached hydrogens (tertiary/aromatic N) is 1. The average Bonchev–Trinajstić information content (AvgIpc) is 2.68. The maximum absolute atomic E-state index is 14.0. The highest BCUT2D eigenvalue weighted by Gasteiger charge is 2.30. The second kappa shape index (κ2) is 10.3. The molecule has 1 N–H and O–H groups in total. The van der Waals surface area contributed by atoms with Crippen molar-refractivity contribution < 1.29 is 17.6 Å². The van der Waals surface area contributed by atoms with Gasteiger partial charge in [-0.25, -0.2) is 12.8 Å². The van der Waals surface area contributed by atoms with Gasteiger partial charge in [-0.15, -0.1) is 0 Å². The maximum Gasteiger partial charge on any atom is 0.244 e. The lowest BCUT2D eigenvalue weighted by molar-refractivity contribution is -0.132. The van der Waals surface area contributed by atoms with Crippen LogP contribution in [0.4, 0.5) is 4.39 Å². The number of amides is 1. The molecule has 0 radical (unpaired) electrons. The van der Waals surface area contributed by atoms with E-state index in [1.165, 1.54) is 18.2 Å². The van der Waals surface area contributed by atoms with Crippen molar-refractivity contribution in [1.29, 1.82) is 0 Å². The average molecular weight is 407 g/mol. The summed E-state index contributed by atoms with van der Waals surface area (Å²) in [6.45, 7) is 4.92. The maximum atomic E-state index is 14.0. The van der Waals surface area contributed by atoms with E-state index in [9.17, 15) is 17.6 Å². The summed E-state index contributed by atoms with van der Waals surface area (Å²) >= 11 is 0. The van der Waals surface area contributed by atoms with Gasteiger partial charge in [0.05, 0.1) is 0 Å². The Labute approximate surface area is 166 Å². The second-order valence-electron chi connectivity index (χ2n) is 6.57. The van der Waals surface area contributed by atoms with Crippen LogP contribution in [0, 0.1) is 5.82 Å². The molecule has 0 saturated heterocycles. The van der Waals surface area contributed by atoms with Crippen LogP contribution in [0.1, 0.15) is 32.3 Å². The van der Waals surface area contributed by atoms with E-state index in [2.05, 4.69) is 4.72 Å². The highest BCUT2D eigenvalue weighted by Crippen LogP contribution is 2.16. The molecule has 0 spiro atoms. The van der Waals surface area contributed by atoms with E-state index in [0.29, 0.717) is 13.1 Å². The van der Waals surface area contributed by atoms with Gasteiger partial charge in [0, 0.05) is 13.1 Å². The van der Waals surface area contributed by atoms with E-state index in [0.717, 1.165) is 24.5 Å². The van der Waals surface area contributed by atoms with E-state index in [1.54, 1.807) is 4.90 Å². The van der Waals surface area contributed by atoms with Gasteiger partial charge < -0.3 is 4.90 Å². The quantitative estimate of drug-likeness (QED) is 0.658. The molecule has 0 heterocycles. The molecule has 2 aromatic carbocycles. The van der Waals surface area contributed by atoms with Crippen molar-refractivity contribution in [2.45, 2.75) is 44.0 Å². The fourth-order valence-corrected chi connectivity index (χ4v) is 4.20. The second-order valence-corrected chi connectivity index (χ2v) is 8.25. The molecule has 0 fully saturated rings. The Morgan fingerprint density at radius 2 is 1.71 bits per heavy atom. The Bertz CT molecular complexity index is 872. The molecule has 1 unspecified atom stereocenters. The highest BCUT2D eigenvalue weighted by atomic mass is 32.2. The van der Waals surface area contributed by atoms with Crippen LogP contribution in [0.5, 0.6) is 0 Å². The Morgan fingerprint density at radius 3 is 2.32 bits per heavy atom. The van der Waals surface area contributed by atoms with Crippen molar-refractivity contribution in [3.8, 4) is 0 Å². The van der Waals surface area contributed by atoms with E-state index in [4.69, 9.17) is 0 Å². The number of carbonyl (C=O) groups excluding carboxylic acids is 1. The number of benzene rings is 2. The summed E-state index contributed by atoms with van der Waals surface area (Å²) < 4.78 is 42.0. The lowest BCUT2D eigenvalue weighted by atomic mass is 10.1. The van der Waals surface area contributed by atoms with Crippen molar-refractivity contribution in [2.24, 2.45) is 0 Å². The van der Waals surface area contributed by atoms with Gasteiger partial charge >= 0.3 is 0 Å². The number of likely N-dealkylation sites (N-methyl/N-ethyl adjacent to an activating group) is 1. The Balaban J connectivity index is 2.32. The molecular formula is C21H27FN2O3S. The first kappa shape index (κ1) is 22.0. The van der Waals surface area contributed by atoms with Crippen molar-refractivity contribution in [3.63, 3.8) is 0 Å². The van der Waals surface area contributed by atoms with Gasteiger partial charge in [-0.2, -0.15) is 4.72 Å². The van der Waals surface area contributed by atoms with Crippen molar-refractivity contribution in [2.75, 3.05) is 13.1 Å². The fraction of sp³-hybridized carbons (Fsp3) is 0.381. The van der Waals surface area contributed by atoms with Crippen molar-refractivity contribution in [3.05, 3.63) is 66.0 Å². The summed E-state index contributed by atoms with van der Waals surface area (Å²) in [5.74, 6) is -1.15. The number of hydrogen-bond acceptors (Lipinski definition) is 3. The van der Waals surface area contributed by atoms with E-state index >= 15 is 0 Å². The van der Waals surface area contributed by atoms with Gasteiger partial charge in [-0.3, -0.25) is 4.79 Å². The van der Waals surface area contributed by atoms with Gasteiger partial charge in [0.2, 0.25) is 15.9 Å². The third-order valence-corrected chi connectivity index (χ3v) is 5.98. The first-order chi connectivity index (χ1) is 13.4. The summed E-state index contributed by atoms with van der Waals surface area (Å²) in [5, 5.41) is 0. The van der Waals surface area contributed by atoms with Gasteiger partial charge in [0.25, 0.3) is 0 Å². The van der Waals surface area contributed by atoms with Crippen LogP contribution in [-0.4, -0.2) is 38.4 Å². The topological polar surface area (TPSA) is 66.5 Å². The first-order valence-corrected chi connectivity index (χ1v) is 11.0. The summed E-state index contributed by atoms with van der Waals surface area (Å²) in [6.07, 6.45) is 1.95. The molecule has 7 heteroatoms.